The van der Waals surface area contributed by atoms with Gasteiger partial charge in [0.15, 0.2) is 0 Å². The van der Waals surface area contributed by atoms with Gasteiger partial charge in [0.25, 0.3) is 10.0 Å². The van der Waals surface area contributed by atoms with Crippen LogP contribution in [0, 0.1) is 6.92 Å². The fourth-order valence-corrected chi connectivity index (χ4v) is 6.16. The molecular formula is C27H39N3O3S. The van der Waals surface area contributed by atoms with E-state index in [1.54, 1.807) is 30.3 Å². The number of carbonyl (C=O) groups is 1. The van der Waals surface area contributed by atoms with Gasteiger partial charge in [0.1, 0.15) is 6.54 Å². The second-order valence-corrected chi connectivity index (χ2v) is 11.0. The van der Waals surface area contributed by atoms with Crippen molar-refractivity contribution >= 4 is 21.6 Å². The average molecular weight is 486 g/mol. The summed E-state index contributed by atoms with van der Waals surface area (Å²) >= 11 is 0. The van der Waals surface area contributed by atoms with Crippen LogP contribution in [0.5, 0.6) is 0 Å². The number of likely N-dealkylation sites (tertiary alicyclic amines) is 1. The Morgan fingerprint density at radius 2 is 1.82 bits per heavy atom. The fourth-order valence-electron chi connectivity index (χ4n) is 4.70. The lowest BCUT2D eigenvalue weighted by Gasteiger charge is -2.35. The maximum absolute atomic E-state index is 13.6. The van der Waals surface area contributed by atoms with Crippen LogP contribution < -0.4 is 9.62 Å². The summed E-state index contributed by atoms with van der Waals surface area (Å²) in [5.41, 5.74) is 2.43. The fraction of sp³-hybridized carbons (Fsp3) is 0.519. The average Bonchev–Trinajstić information content (AvgIpc) is 2.85. The molecule has 0 saturated carbocycles. The van der Waals surface area contributed by atoms with E-state index < -0.39 is 10.0 Å². The van der Waals surface area contributed by atoms with Crippen LogP contribution in [-0.2, 0) is 21.2 Å². The zero-order valence-corrected chi connectivity index (χ0v) is 21.6. The van der Waals surface area contributed by atoms with Crippen molar-refractivity contribution in [3.05, 3.63) is 59.7 Å². The van der Waals surface area contributed by atoms with Gasteiger partial charge < -0.3 is 10.2 Å². The minimum atomic E-state index is -3.89. The number of carbonyl (C=O) groups excluding carboxylic acids is 1. The Kier molecular flexibility index (Phi) is 9.54. The van der Waals surface area contributed by atoms with Crippen LogP contribution in [0.25, 0.3) is 0 Å². The Morgan fingerprint density at radius 3 is 2.53 bits per heavy atom. The Balaban J connectivity index is 1.70. The predicted octanol–water partition coefficient (Wildman–Crippen LogP) is 4.52. The minimum Gasteiger partial charge on any atom is -0.354 e. The molecular weight excluding hydrogens is 446 g/mol. The number of nitrogens with one attached hydrogen (secondary N) is 1. The van der Waals surface area contributed by atoms with Gasteiger partial charge in [-0.2, -0.15) is 0 Å². The first-order valence-corrected chi connectivity index (χ1v) is 14.0. The number of benzene rings is 2. The van der Waals surface area contributed by atoms with Gasteiger partial charge in [0.2, 0.25) is 5.91 Å². The number of piperidine rings is 1. The number of rotatable bonds is 11. The zero-order chi connectivity index (χ0) is 24.6. The number of anilines is 1. The van der Waals surface area contributed by atoms with Crippen LogP contribution in [0.2, 0.25) is 0 Å². The number of hydrogen-bond donors (Lipinski definition) is 1. The van der Waals surface area contributed by atoms with Crippen LogP contribution >= 0.6 is 0 Å². The quantitative estimate of drug-likeness (QED) is 0.475. The van der Waals surface area contributed by atoms with E-state index in [4.69, 9.17) is 0 Å². The molecule has 34 heavy (non-hydrogen) atoms. The Morgan fingerprint density at radius 1 is 1.09 bits per heavy atom. The van der Waals surface area contributed by atoms with Gasteiger partial charge >= 0.3 is 0 Å². The van der Waals surface area contributed by atoms with Crippen molar-refractivity contribution in [2.45, 2.75) is 70.2 Å². The summed E-state index contributed by atoms with van der Waals surface area (Å²) in [6.45, 7) is 8.53. The number of aryl methyl sites for hydroxylation is 2. The first kappa shape index (κ1) is 26.2. The highest BCUT2D eigenvalue weighted by Crippen LogP contribution is 2.27. The predicted molar refractivity (Wildman–Crippen MR) is 139 cm³/mol. The lowest BCUT2D eigenvalue weighted by Crippen LogP contribution is -2.43. The molecule has 0 spiro atoms. The summed E-state index contributed by atoms with van der Waals surface area (Å²) in [5, 5.41) is 2.95. The molecule has 3 rings (SSSR count). The summed E-state index contributed by atoms with van der Waals surface area (Å²) in [7, 11) is -3.89. The first-order chi connectivity index (χ1) is 16.4. The molecule has 1 N–H and O–H groups in total. The van der Waals surface area contributed by atoms with E-state index in [0.29, 0.717) is 24.7 Å². The van der Waals surface area contributed by atoms with E-state index in [2.05, 4.69) is 17.1 Å². The van der Waals surface area contributed by atoms with Crippen molar-refractivity contribution in [3.8, 4) is 0 Å². The highest BCUT2D eigenvalue weighted by Gasteiger charge is 2.28. The molecule has 6 nitrogen and oxygen atoms in total. The molecule has 1 aliphatic heterocycles. The van der Waals surface area contributed by atoms with Crippen LogP contribution in [0.4, 0.5) is 5.69 Å². The van der Waals surface area contributed by atoms with E-state index >= 15 is 0 Å². The van der Waals surface area contributed by atoms with Gasteiger partial charge in [0, 0.05) is 19.1 Å². The van der Waals surface area contributed by atoms with Gasteiger partial charge in [-0.15, -0.1) is 0 Å². The van der Waals surface area contributed by atoms with Gasteiger partial charge in [-0.1, -0.05) is 56.2 Å². The molecule has 1 aliphatic rings. The zero-order valence-electron chi connectivity index (χ0n) is 20.8. The molecule has 2 aromatic rings. The van der Waals surface area contributed by atoms with E-state index in [0.717, 1.165) is 37.1 Å². The summed E-state index contributed by atoms with van der Waals surface area (Å²) in [4.78, 5) is 15.6. The van der Waals surface area contributed by atoms with Crippen LogP contribution in [-0.4, -0.2) is 51.4 Å². The molecule has 1 unspecified atom stereocenters. The van der Waals surface area contributed by atoms with Crippen molar-refractivity contribution in [1.29, 1.82) is 0 Å². The molecule has 0 bridgehead atoms. The molecule has 1 atom stereocenters. The third-order valence-electron chi connectivity index (χ3n) is 6.70. The molecule has 1 heterocycles. The van der Waals surface area contributed by atoms with Gasteiger partial charge in [-0.05, 0) is 69.3 Å². The van der Waals surface area contributed by atoms with Crippen molar-refractivity contribution in [2.24, 2.45) is 0 Å². The van der Waals surface area contributed by atoms with Crippen LogP contribution in [0.3, 0.4) is 0 Å². The highest BCUT2D eigenvalue weighted by atomic mass is 32.2. The van der Waals surface area contributed by atoms with Crippen molar-refractivity contribution in [1.82, 2.24) is 10.2 Å². The SMILES string of the molecule is CCc1ccccc1N(CC(=O)NCCCN1CCCCC1CC)S(=O)(=O)c1ccc(C)cc1. The van der Waals surface area contributed by atoms with Gasteiger partial charge in [-0.3, -0.25) is 9.10 Å². The molecule has 1 fully saturated rings. The van der Waals surface area contributed by atoms with Crippen LogP contribution in [0.15, 0.2) is 53.4 Å². The first-order valence-electron chi connectivity index (χ1n) is 12.5. The highest BCUT2D eigenvalue weighted by molar-refractivity contribution is 7.92. The lowest BCUT2D eigenvalue weighted by molar-refractivity contribution is -0.119. The summed E-state index contributed by atoms with van der Waals surface area (Å²) in [6, 6.07) is 14.8. The Hall–Kier alpha value is -2.38. The third-order valence-corrected chi connectivity index (χ3v) is 8.48. The molecule has 0 aliphatic carbocycles. The summed E-state index contributed by atoms with van der Waals surface area (Å²) in [5.74, 6) is -0.285. The van der Waals surface area contributed by atoms with E-state index in [-0.39, 0.29) is 17.3 Å². The van der Waals surface area contributed by atoms with Crippen molar-refractivity contribution in [2.75, 3.05) is 30.5 Å². The molecule has 1 saturated heterocycles. The summed E-state index contributed by atoms with van der Waals surface area (Å²) in [6.07, 6.45) is 6.49. The smallest absolute Gasteiger partial charge is 0.264 e. The monoisotopic (exact) mass is 485 g/mol. The molecule has 1 amide bonds. The van der Waals surface area contributed by atoms with E-state index in [9.17, 15) is 13.2 Å². The summed E-state index contributed by atoms with van der Waals surface area (Å²) < 4.78 is 28.4. The normalized spacial score (nSPS) is 16.9. The Bertz CT molecular complexity index is 1040. The van der Waals surface area contributed by atoms with Crippen molar-refractivity contribution in [3.63, 3.8) is 0 Å². The maximum atomic E-state index is 13.6. The maximum Gasteiger partial charge on any atom is 0.264 e. The number of para-hydroxylation sites is 1. The number of amides is 1. The topological polar surface area (TPSA) is 69.7 Å². The number of hydrogen-bond acceptors (Lipinski definition) is 4. The second kappa shape index (κ2) is 12.4. The third kappa shape index (κ3) is 6.60. The second-order valence-electron chi connectivity index (χ2n) is 9.10. The number of sulfonamides is 1. The largest absolute Gasteiger partial charge is 0.354 e. The molecule has 186 valence electrons. The molecule has 2 aromatic carbocycles. The standard InChI is InChI=1S/C27H39N3O3S/c1-4-23-11-6-7-13-26(23)30(34(32,33)25-16-14-22(3)15-17-25)21-27(31)28-18-10-20-29-19-9-8-12-24(29)5-2/h6-7,11,13-17,24H,4-5,8-10,12,18-21H2,1-3H3,(H,28,31). The van der Waals surface area contributed by atoms with Crippen LogP contribution in [0.1, 0.15) is 57.1 Å². The van der Waals surface area contributed by atoms with Crippen molar-refractivity contribution < 1.29 is 13.2 Å². The number of nitrogens with zero attached hydrogens (tertiary/aromatic N) is 2. The Labute approximate surface area is 205 Å². The lowest BCUT2D eigenvalue weighted by atomic mass is 10.00. The molecule has 0 radical (unpaired) electrons. The molecule has 0 aromatic heterocycles. The minimum absolute atomic E-state index is 0.188. The van der Waals surface area contributed by atoms with Gasteiger partial charge in [0.05, 0.1) is 10.6 Å². The van der Waals surface area contributed by atoms with E-state index in [1.807, 2.05) is 32.0 Å². The van der Waals surface area contributed by atoms with Gasteiger partial charge in [-0.25, -0.2) is 8.42 Å². The molecule has 7 heteroatoms. The van der Waals surface area contributed by atoms with E-state index in [1.165, 1.54) is 23.6 Å².